The van der Waals surface area contributed by atoms with Crippen molar-refractivity contribution in [2.24, 2.45) is 17.6 Å². The van der Waals surface area contributed by atoms with Crippen molar-refractivity contribution in [3.05, 3.63) is 32.7 Å². The van der Waals surface area contributed by atoms with E-state index in [0.717, 1.165) is 25.7 Å². The van der Waals surface area contributed by atoms with E-state index in [1.54, 1.807) is 4.57 Å². The first-order chi connectivity index (χ1) is 13.5. The van der Waals surface area contributed by atoms with Crippen molar-refractivity contribution < 1.29 is 9.13 Å². The minimum Gasteiger partial charge on any atom is -0.492 e. The number of nitrogens with one attached hydrogen (secondary N) is 1. The second-order valence-electron chi connectivity index (χ2n) is 7.90. The zero-order valence-corrected chi connectivity index (χ0v) is 16.3. The van der Waals surface area contributed by atoms with Crippen LogP contribution in [0.4, 0.5) is 10.1 Å². The molecule has 0 bridgehead atoms. The Kier molecular flexibility index (Phi) is 4.91. The molecule has 2 heterocycles. The molecule has 0 amide bonds. The number of fused-ring (bicyclic) bond motifs is 1. The van der Waals surface area contributed by atoms with Gasteiger partial charge in [-0.05, 0) is 43.7 Å². The van der Waals surface area contributed by atoms with Crippen LogP contribution in [0.15, 0.2) is 15.7 Å². The van der Waals surface area contributed by atoms with Crippen LogP contribution in [-0.4, -0.2) is 36.3 Å². The normalized spacial score (nSPS) is 20.7. The van der Waals surface area contributed by atoms with E-state index < -0.39 is 17.1 Å². The number of halogens is 1. The molecule has 1 unspecified atom stereocenters. The van der Waals surface area contributed by atoms with Gasteiger partial charge in [-0.3, -0.25) is 14.3 Å². The number of benzene rings is 1. The fourth-order valence-corrected chi connectivity index (χ4v) is 4.58. The van der Waals surface area contributed by atoms with Crippen LogP contribution < -0.4 is 26.6 Å². The van der Waals surface area contributed by atoms with Gasteiger partial charge >= 0.3 is 5.69 Å². The molecule has 152 valence electrons. The van der Waals surface area contributed by atoms with Crippen LogP contribution in [-0.2, 0) is 0 Å². The number of methoxy groups -OCH3 is 1. The highest BCUT2D eigenvalue weighted by Gasteiger charge is 2.34. The Labute approximate surface area is 162 Å². The molecule has 1 aliphatic heterocycles. The topological polar surface area (TPSA) is 93.4 Å². The summed E-state index contributed by atoms with van der Waals surface area (Å²) in [6.45, 7) is 4.11. The predicted molar refractivity (Wildman–Crippen MR) is 107 cm³/mol. The first-order valence-corrected chi connectivity index (χ1v) is 10.00. The zero-order valence-electron chi connectivity index (χ0n) is 16.3. The van der Waals surface area contributed by atoms with E-state index in [2.05, 4.69) is 11.9 Å². The molecule has 4 rings (SSSR count). The number of aromatic nitrogens is 2. The standard InChI is InChI=1S/C20H27FN4O3/c1-3-11(9-22)12-6-7-24(10-12)17-15(21)8-14-16(18(17)28-2)25(13-4-5-13)20(27)23-19(14)26/h8,11-13H,3-7,9-10,22H2,1-2H3,(H,23,26,27)/t11?,12-/m0/s1. The third kappa shape index (κ3) is 2.99. The summed E-state index contributed by atoms with van der Waals surface area (Å²) in [6, 6.07) is 1.25. The highest BCUT2D eigenvalue weighted by Crippen LogP contribution is 2.43. The molecule has 1 aromatic heterocycles. The molecule has 0 spiro atoms. The Balaban J connectivity index is 1.88. The summed E-state index contributed by atoms with van der Waals surface area (Å²) in [5, 5.41) is 0.147. The number of nitrogens with two attached hydrogens (primary N) is 1. The second kappa shape index (κ2) is 7.24. The number of rotatable bonds is 6. The Bertz CT molecular complexity index is 1010. The first-order valence-electron chi connectivity index (χ1n) is 10.00. The van der Waals surface area contributed by atoms with Crippen molar-refractivity contribution in [3.63, 3.8) is 0 Å². The number of hydrogen-bond donors (Lipinski definition) is 2. The van der Waals surface area contributed by atoms with E-state index in [-0.39, 0.29) is 17.2 Å². The number of H-pyrrole nitrogens is 1. The second-order valence-corrected chi connectivity index (χ2v) is 7.90. The number of hydrogen-bond acceptors (Lipinski definition) is 5. The Morgan fingerprint density at radius 1 is 1.36 bits per heavy atom. The monoisotopic (exact) mass is 390 g/mol. The van der Waals surface area contributed by atoms with Gasteiger partial charge in [0.1, 0.15) is 11.2 Å². The lowest BCUT2D eigenvalue weighted by molar-refractivity contribution is 0.357. The molecule has 1 aliphatic carbocycles. The molecule has 2 atom stereocenters. The third-order valence-electron chi connectivity index (χ3n) is 6.26. The van der Waals surface area contributed by atoms with E-state index in [4.69, 9.17) is 10.5 Å². The van der Waals surface area contributed by atoms with Crippen molar-refractivity contribution in [1.82, 2.24) is 9.55 Å². The van der Waals surface area contributed by atoms with E-state index in [1.807, 2.05) is 4.90 Å². The quantitative estimate of drug-likeness (QED) is 0.787. The van der Waals surface area contributed by atoms with Gasteiger partial charge in [0.25, 0.3) is 5.56 Å². The largest absolute Gasteiger partial charge is 0.492 e. The summed E-state index contributed by atoms with van der Waals surface area (Å²) >= 11 is 0. The van der Waals surface area contributed by atoms with Crippen LogP contribution in [0.5, 0.6) is 5.75 Å². The summed E-state index contributed by atoms with van der Waals surface area (Å²) in [6.07, 6.45) is 3.64. The summed E-state index contributed by atoms with van der Waals surface area (Å²) < 4.78 is 22.3. The highest BCUT2D eigenvalue weighted by molar-refractivity contribution is 5.91. The van der Waals surface area contributed by atoms with E-state index >= 15 is 4.39 Å². The highest BCUT2D eigenvalue weighted by atomic mass is 19.1. The number of ether oxygens (including phenoxy) is 1. The summed E-state index contributed by atoms with van der Waals surface area (Å²) in [5.74, 6) is 0.551. The molecular weight excluding hydrogens is 363 g/mol. The summed E-state index contributed by atoms with van der Waals surface area (Å²) in [4.78, 5) is 29.1. The molecule has 1 saturated carbocycles. The van der Waals surface area contributed by atoms with Crippen molar-refractivity contribution >= 4 is 16.6 Å². The molecule has 2 aliphatic rings. The van der Waals surface area contributed by atoms with Crippen LogP contribution in [0.2, 0.25) is 0 Å². The van der Waals surface area contributed by atoms with Gasteiger partial charge in [-0.1, -0.05) is 13.3 Å². The van der Waals surface area contributed by atoms with E-state index in [9.17, 15) is 9.59 Å². The Morgan fingerprint density at radius 2 is 2.11 bits per heavy atom. The van der Waals surface area contributed by atoms with Crippen LogP contribution in [0.3, 0.4) is 0 Å². The molecule has 2 aromatic rings. The SMILES string of the molecule is CCC(CN)[C@H]1CCN(c2c(F)cc3c(=O)[nH]c(=O)n(C4CC4)c3c2OC)C1. The minimum absolute atomic E-state index is 0.0205. The van der Waals surface area contributed by atoms with Gasteiger partial charge in [0.2, 0.25) is 0 Å². The van der Waals surface area contributed by atoms with Crippen molar-refractivity contribution in [2.45, 2.75) is 38.6 Å². The lowest BCUT2D eigenvalue weighted by atomic mass is 9.89. The molecule has 1 aromatic carbocycles. The molecule has 1 saturated heterocycles. The average molecular weight is 390 g/mol. The Morgan fingerprint density at radius 3 is 2.71 bits per heavy atom. The maximum absolute atomic E-state index is 15.2. The molecule has 0 radical (unpaired) electrons. The lowest BCUT2D eigenvalue weighted by Crippen LogP contribution is -2.31. The predicted octanol–water partition coefficient (Wildman–Crippen LogP) is 1.98. The molecule has 8 heteroatoms. The fraction of sp³-hybridized carbons (Fsp3) is 0.600. The van der Waals surface area contributed by atoms with Gasteiger partial charge in [0, 0.05) is 19.1 Å². The third-order valence-corrected chi connectivity index (χ3v) is 6.26. The summed E-state index contributed by atoms with van der Waals surface area (Å²) in [7, 11) is 1.46. The maximum Gasteiger partial charge on any atom is 0.329 e. The van der Waals surface area contributed by atoms with Crippen LogP contribution in [0, 0.1) is 17.7 Å². The Hall–Kier alpha value is -2.35. The number of nitrogens with zero attached hydrogens (tertiary/aromatic N) is 2. The summed E-state index contributed by atoms with van der Waals surface area (Å²) in [5.41, 5.74) is 5.58. The van der Waals surface area contributed by atoms with E-state index in [0.29, 0.717) is 42.7 Å². The molecular formula is C20H27FN4O3. The smallest absolute Gasteiger partial charge is 0.329 e. The molecule has 7 nitrogen and oxygen atoms in total. The van der Waals surface area contributed by atoms with Crippen molar-refractivity contribution in [3.8, 4) is 5.75 Å². The van der Waals surface area contributed by atoms with Gasteiger partial charge in [0.05, 0.1) is 12.5 Å². The lowest BCUT2D eigenvalue weighted by Gasteiger charge is -2.25. The van der Waals surface area contributed by atoms with Crippen LogP contribution >= 0.6 is 0 Å². The van der Waals surface area contributed by atoms with Gasteiger partial charge in [-0.15, -0.1) is 0 Å². The van der Waals surface area contributed by atoms with Gasteiger partial charge in [0.15, 0.2) is 11.6 Å². The van der Waals surface area contributed by atoms with Crippen LogP contribution in [0.25, 0.3) is 10.9 Å². The molecule has 28 heavy (non-hydrogen) atoms. The molecule has 2 fully saturated rings. The van der Waals surface area contributed by atoms with Crippen molar-refractivity contribution in [2.75, 3.05) is 31.6 Å². The first kappa shape index (κ1) is 19.0. The average Bonchev–Trinajstić information content (AvgIpc) is 3.39. The molecule has 3 N–H and O–H groups in total. The van der Waals surface area contributed by atoms with Crippen LogP contribution in [0.1, 0.15) is 38.6 Å². The number of anilines is 1. The fourth-order valence-electron chi connectivity index (χ4n) is 4.58. The van der Waals surface area contributed by atoms with Gasteiger partial charge < -0.3 is 15.4 Å². The minimum atomic E-state index is -0.589. The van der Waals surface area contributed by atoms with Gasteiger partial charge in [-0.25, -0.2) is 9.18 Å². The number of aromatic amines is 1. The maximum atomic E-state index is 15.2. The zero-order chi connectivity index (χ0) is 20.0. The van der Waals surface area contributed by atoms with Gasteiger partial charge in [-0.2, -0.15) is 0 Å². The van der Waals surface area contributed by atoms with E-state index in [1.165, 1.54) is 13.2 Å². The van der Waals surface area contributed by atoms with Crippen molar-refractivity contribution in [1.29, 1.82) is 0 Å².